The van der Waals surface area contributed by atoms with E-state index in [1.165, 1.54) is 0 Å². The number of hydrogen-bond acceptors (Lipinski definition) is 5. The fourth-order valence-corrected chi connectivity index (χ4v) is 2.13. The lowest BCUT2D eigenvalue weighted by atomic mass is 10.2. The molecule has 0 atom stereocenters. The molecule has 2 aromatic rings. The Labute approximate surface area is 151 Å². The molecule has 1 aromatic heterocycles. The van der Waals surface area contributed by atoms with Crippen LogP contribution in [0, 0.1) is 0 Å². The van der Waals surface area contributed by atoms with Crippen molar-refractivity contribution in [3.8, 4) is 0 Å². The highest BCUT2D eigenvalue weighted by atomic mass is 35.5. The predicted molar refractivity (Wildman–Crippen MR) is 97.5 cm³/mol. The third-order valence-corrected chi connectivity index (χ3v) is 3.48. The maximum absolute atomic E-state index is 11.8. The van der Waals surface area contributed by atoms with Gasteiger partial charge in [0.15, 0.2) is 0 Å². The second-order valence-corrected chi connectivity index (χ2v) is 5.69. The summed E-state index contributed by atoms with van der Waals surface area (Å²) in [6.07, 6.45) is 4.48. The second-order valence-electron chi connectivity index (χ2n) is 5.26. The van der Waals surface area contributed by atoms with Gasteiger partial charge in [0.2, 0.25) is 17.8 Å². The fourth-order valence-electron chi connectivity index (χ4n) is 2.00. The van der Waals surface area contributed by atoms with E-state index in [9.17, 15) is 9.59 Å². The van der Waals surface area contributed by atoms with Crippen LogP contribution in [-0.2, 0) is 9.59 Å². The topological polar surface area (TPSA) is 96.0 Å². The molecule has 0 aliphatic carbocycles. The Kier molecular flexibility index (Phi) is 7.65. The van der Waals surface area contributed by atoms with E-state index in [2.05, 4.69) is 25.9 Å². The molecule has 3 N–H and O–H groups in total. The molecule has 0 radical (unpaired) electrons. The molecule has 0 spiro atoms. The molecular formula is C17H20ClN5O2. The first-order chi connectivity index (χ1) is 12.1. The van der Waals surface area contributed by atoms with E-state index in [-0.39, 0.29) is 11.8 Å². The van der Waals surface area contributed by atoms with Crippen LogP contribution in [0.1, 0.15) is 19.3 Å². The van der Waals surface area contributed by atoms with E-state index >= 15 is 0 Å². The fraction of sp³-hybridized carbons (Fsp3) is 0.294. The lowest BCUT2D eigenvalue weighted by Crippen LogP contribution is -2.27. The van der Waals surface area contributed by atoms with Gasteiger partial charge in [-0.05, 0) is 36.8 Å². The number of carbonyl (C=O) groups excluding carboxylic acids is 2. The Balaban J connectivity index is 1.53. The number of anilines is 2. The average Bonchev–Trinajstić information content (AvgIpc) is 2.62. The van der Waals surface area contributed by atoms with Crippen molar-refractivity contribution in [2.24, 2.45) is 0 Å². The average molecular weight is 362 g/mol. The molecule has 0 aliphatic heterocycles. The summed E-state index contributed by atoms with van der Waals surface area (Å²) in [5.41, 5.74) is 0.702. The molecule has 0 saturated carbocycles. The summed E-state index contributed by atoms with van der Waals surface area (Å²) >= 11 is 5.79. The summed E-state index contributed by atoms with van der Waals surface area (Å²) in [6.45, 7) is 0.904. The van der Waals surface area contributed by atoms with Crippen LogP contribution >= 0.6 is 11.6 Å². The molecule has 1 heterocycles. The van der Waals surface area contributed by atoms with Crippen molar-refractivity contribution >= 4 is 35.1 Å². The van der Waals surface area contributed by atoms with Gasteiger partial charge < -0.3 is 16.0 Å². The Bertz CT molecular complexity index is 679. The quantitative estimate of drug-likeness (QED) is 0.596. The minimum Gasteiger partial charge on any atom is -0.356 e. The molecule has 25 heavy (non-hydrogen) atoms. The zero-order valence-electron chi connectivity index (χ0n) is 13.7. The number of amides is 2. The van der Waals surface area contributed by atoms with Crippen LogP contribution in [0.15, 0.2) is 42.7 Å². The molecule has 0 unspecified atom stereocenters. The number of nitrogens with zero attached hydrogens (tertiary/aromatic N) is 2. The van der Waals surface area contributed by atoms with Crippen LogP contribution in [0.2, 0.25) is 5.02 Å². The van der Waals surface area contributed by atoms with Crippen molar-refractivity contribution in [1.82, 2.24) is 15.3 Å². The molecule has 1 aromatic carbocycles. The van der Waals surface area contributed by atoms with Crippen molar-refractivity contribution in [3.05, 3.63) is 47.7 Å². The van der Waals surface area contributed by atoms with Crippen LogP contribution in [0.3, 0.4) is 0 Å². The van der Waals surface area contributed by atoms with Gasteiger partial charge in [0.1, 0.15) is 0 Å². The van der Waals surface area contributed by atoms with E-state index in [4.69, 9.17) is 11.6 Å². The first-order valence-electron chi connectivity index (χ1n) is 7.96. The molecule has 0 saturated heterocycles. The number of halogens is 1. The summed E-state index contributed by atoms with van der Waals surface area (Å²) in [6, 6.07) is 8.63. The maximum Gasteiger partial charge on any atom is 0.224 e. The summed E-state index contributed by atoms with van der Waals surface area (Å²) in [7, 11) is 0. The Morgan fingerprint density at radius 3 is 2.40 bits per heavy atom. The zero-order valence-corrected chi connectivity index (χ0v) is 14.4. The first kappa shape index (κ1) is 18.7. The van der Waals surface area contributed by atoms with Gasteiger partial charge in [-0.25, -0.2) is 9.97 Å². The van der Waals surface area contributed by atoms with Crippen LogP contribution in [0.5, 0.6) is 0 Å². The van der Waals surface area contributed by atoms with Gasteiger partial charge in [0.05, 0.1) is 0 Å². The van der Waals surface area contributed by atoms with Crippen molar-refractivity contribution < 1.29 is 9.59 Å². The van der Waals surface area contributed by atoms with Gasteiger partial charge in [-0.3, -0.25) is 9.59 Å². The molecular weight excluding hydrogens is 342 g/mol. The third kappa shape index (κ3) is 7.63. The smallest absolute Gasteiger partial charge is 0.224 e. The minimum atomic E-state index is -0.0977. The summed E-state index contributed by atoms with van der Waals surface area (Å²) < 4.78 is 0. The Morgan fingerprint density at radius 1 is 0.960 bits per heavy atom. The first-order valence-corrected chi connectivity index (χ1v) is 8.34. The van der Waals surface area contributed by atoms with Gasteiger partial charge in [-0.1, -0.05) is 11.6 Å². The lowest BCUT2D eigenvalue weighted by molar-refractivity contribution is -0.121. The van der Waals surface area contributed by atoms with Gasteiger partial charge in [-0.2, -0.15) is 0 Å². The SMILES string of the molecule is O=C(CCNc1ncccn1)NCCCC(=O)Nc1ccc(Cl)cc1. The van der Waals surface area contributed by atoms with E-state index in [0.29, 0.717) is 49.0 Å². The van der Waals surface area contributed by atoms with E-state index in [1.54, 1.807) is 42.7 Å². The van der Waals surface area contributed by atoms with Crippen molar-refractivity contribution in [3.63, 3.8) is 0 Å². The molecule has 0 bridgehead atoms. The molecule has 7 nitrogen and oxygen atoms in total. The van der Waals surface area contributed by atoms with Gasteiger partial charge in [0, 0.05) is 49.0 Å². The number of rotatable bonds is 9. The summed E-state index contributed by atoms with van der Waals surface area (Å²) in [5, 5.41) is 9.13. The summed E-state index contributed by atoms with van der Waals surface area (Å²) in [5.74, 6) is 0.315. The highest BCUT2D eigenvalue weighted by Crippen LogP contribution is 2.13. The molecule has 2 rings (SSSR count). The van der Waals surface area contributed by atoms with Gasteiger partial charge in [-0.15, -0.1) is 0 Å². The van der Waals surface area contributed by atoms with Crippen molar-refractivity contribution in [1.29, 1.82) is 0 Å². The van der Waals surface area contributed by atoms with E-state index < -0.39 is 0 Å². The molecule has 8 heteroatoms. The number of nitrogens with one attached hydrogen (secondary N) is 3. The minimum absolute atomic E-state index is 0.0819. The molecule has 132 valence electrons. The van der Waals surface area contributed by atoms with Crippen LogP contribution < -0.4 is 16.0 Å². The van der Waals surface area contributed by atoms with Gasteiger partial charge in [0.25, 0.3) is 0 Å². The predicted octanol–water partition coefficient (Wildman–Crippen LogP) is 2.47. The Morgan fingerprint density at radius 2 is 1.68 bits per heavy atom. The van der Waals surface area contributed by atoms with Crippen LogP contribution in [0.25, 0.3) is 0 Å². The highest BCUT2D eigenvalue weighted by Gasteiger charge is 2.04. The van der Waals surface area contributed by atoms with Gasteiger partial charge >= 0.3 is 0 Å². The summed E-state index contributed by atoms with van der Waals surface area (Å²) in [4.78, 5) is 31.5. The molecule has 2 amide bonds. The van der Waals surface area contributed by atoms with Crippen LogP contribution in [0.4, 0.5) is 11.6 Å². The zero-order chi connectivity index (χ0) is 17.9. The number of aromatic nitrogens is 2. The van der Waals surface area contributed by atoms with Crippen molar-refractivity contribution in [2.75, 3.05) is 23.7 Å². The maximum atomic E-state index is 11.8. The molecule has 0 fully saturated rings. The Hall–Kier alpha value is -2.67. The normalized spacial score (nSPS) is 10.1. The van der Waals surface area contributed by atoms with Crippen LogP contribution in [-0.4, -0.2) is 34.9 Å². The lowest BCUT2D eigenvalue weighted by Gasteiger charge is -2.07. The number of benzene rings is 1. The van der Waals surface area contributed by atoms with E-state index in [1.807, 2.05) is 0 Å². The standard InChI is InChI=1S/C17H20ClN5O2/c18-13-4-6-14(7-5-13)23-16(25)3-1-9-19-15(24)8-12-22-17-20-10-2-11-21-17/h2,4-7,10-11H,1,3,8-9,12H2,(H,19,24)(H,23,25)(H,20,21,22). The van der Waals surface area contributed by atoms with Crippen molar-refractivity contribution in [2.45, 2.75) is 19.3 Å². The number of hydrogen-bond donors (Lipinski definition) is 3. The molecule has 0 aliphatic rings. The van der Waals surface area contributed by atoms with E-state index in [0.717, 1.165) is 0 Å². The highest BCUT2D eigenvalue weighted by molar-refractivity contribution is 6.30. The largest absolute Gasteiger partial charge is 0.356 e. The number of carbonyl (C=O) groups is 2. The monoisotopic (exact) mass is 361 g/mol. The second kappa shape index (κ2) is 10.2. The third-order valence-electron chi connectivity index (χ3n) is 3.23.